The number of benzene rings is 2. The molecule has 0 aliphatic carbocycles. The minimum absolute atomic E-state index is 0.222. The van der Waals surface area contributed by atoms with E-state index in [0.717, 1.165) is 24.3 Å². The lowest BCUT2D eigenvalue weighted by Crippen LogP contribution is -2.50. The van der Waals surface area contributed by atoms with Gasteiger partial charge in [-0.15, -0.1) is 0 Å². The number of rotatable bonds is 8. The van der Waals surface area contributed by atoms with Crippen LogP contribution in [0.15, 0.2) is 47.4 Å². The standard InChI is InChI=1S/C19H21F3N2O4S/c1-11(2)18(24-29(27,28)17-6-4-3-5-14(17)21)19(26)23-10-16(25)13-8-7-12(20)9-15(13)22/h3-9,11,16,18,24-25H,10H2,1-2H3,(H,23,26)/t16?,18-/m0/s1. The van der Waals surface area contributed by atoms with Crippen molar-refractivity contribution in [2.45, 2.75) is 30.9 Å². The number of aliphatic hydroxyl groups excluding tert-OH is 1. The fraction of sp³-hybridized carbons (Fsp3) is 0.316. The molecule has 29 heavy (non-hydrogen) atoms. The molecule has 0 bridgehead atoms. The zero-order valence-corrected chi connectivity index (χ0v) is 16.5. The molecule has 0 saturated heterocycles. The summed E-state index contributed by atoms with van der Waals surface area (Å²) in [7, 11) is -4.33. The maximum Gasteiger partial charge on any atom is 0.244 e. The third-order valence-corrected chi connectivity index (χ3v) is 5.62. The van der Waals surface area contributed by atoms with Gasteiger partial charge >= 0.3 is 0 Å². The Balaban J connectivity index is 2.10. The van der Waals surface area contributed by atoms with Gasteiger partial charge in [0.1, 0.15) is 28.4 Å². The quantitative estimate of drug-likeness (QED) is 0.599. The first kappa shape index (κ1) is 22.9. The normalized spacial score (nSPS) is 13.9. The van der Waals surface area contributed by atoms with Crippen LogP contribution in [0.1, 0.15) is 25.5 Å². The van der Waals surface area contributed by atoms with Crippen LogP contribution >= 0.6 is 0 Å². The molecule has 2 atom stereocenters. The van der Waals surface area contributed by atoms with Crippen molar-refractivity contribution < 1.29 is 31.5 Å². The fourth-order valence-electron chi connectivity index (χ4n) is 2.57. The molecular formula is C19H21F3N2O4S. The van der Waals surface area contributed by atoms with Crippen LogP contribution in [0.25, 0.3) is 0 Å². The van der Waals surface area contributed by atoms with E-state index in [1.54, 1.807) is 13.8 Å². The summed E-state index contributed by atoms with van der Waals surface area (Å²) < 4.78 is 67.5. The van der Waals surface area contributed by atoms with Crippen molar-refractivity contribution in [2.24, 2.45) is 5.92 Å². The molecule has 3 N–H and O–H groups in total. The molecule has 0 spiro atoms. The van der Waals surface area contributed by atoms with Gasteiger partial charge in [-0.25, -0.2) is 21.6 Å². The van der Waals surface area contributed by atoms with Crippen LogP contribution < -0.4 is 10.0 Å². The van der Waals surface area contributed by atoms with E-state index in [-0.39, 0.29) is 5.56 Å². The molecule has 2 rings (SSSR count). The van der Waals surface area contributed by atoms with Gasteiger partial charge in [-0.05, 0) is 24.1 Å². The molecule has 158 valence electrons. The summed E-state index contributed by atoms with van der Waals surface area (Å²) in [5, 5.41) is 12.4. The van der Waals surface area contributed by atoms with Crippen LogP contribution in [0.5, 0.6) is 0 Å². The van der Waals surface area contributed by atoms with Crippen LogP contribution in [-0.2, 0) is 14.8 Å². The van der Waals surface area contributed by atoms with Crippen molar-refractivity contribution in [1.29, 1.82) is 0 Å². The zero-order chi connectivity index (χ0) is 21.8. The van der Waals surface area contributed by atoms with Gasteiger partial charge in [0, 0.05) is 18.2 Å². The second-order valence-electron chi connectivity index (χ2n) is 6.70. The average Bonchev–Trinajstić information content (AvgIpc) is 2.64. The van der Waals surface area contributed by atoms with Crippen LogP contribution in [0.3, 0.4) is 0 Å². The van der Waals surface area contributed by atoms with Gasteiger partial charge in [0.05, 0.1) is 6.10 Å². The number of hydrogen-bond acceptors (Lipinski definition) is 4. The smallest absolute Gasteiger partial charge is 0.244 e. The predicted molar refractivity (Wildman–Crippen MR) is 99.7 cm³/mol. The van der Waals surface area contributed by atoms with E-state index in [1.807, 2.05) is 0 Å². The molecule has 2 aromatic carbocycles. The van der Waals surface area contributed by atoms with Gasteiger partial charge in [0.2, 0.25) is 15.9 Å². The van der Waals surface area contributed by atoms with Gasteiger partial charge in [-0.2, -0.15) is 4.72 Å². The topological polar surface area (TPSA) is 95.5 Å². The molecule has 6 nitrogen and oxygen atoms in total. The Kier molecular flexibility index (Phi) is 7.39. The van der Waals surface area contributed by atoms with Crippen molar-refractivity contribution in [3.8, 4) is 0 Å². The SMILES string of the molecule is CC(C)[C@H](NS(=O)(=O)c1ccccc1F)C(=O)NCC(O)c1ccc(F)cc1F. The van der Waals surface area contributed by atoms with Gasteiger partial charge in [-0.1, -0.05) is 32.0 Å². The maximum atomic E-state index is 13.8. The average molecular weight is 430 g/mol. The molecule has 0 fully saturated rings. The van der Waals surface area contributed by atoms with E-state index in [0.29, 0.717) is 6.07 Å². The third-order valence-electron chi connectivity index (χ3n) is 4.15. The van der Waals surface area contributed by atoms with E-state index in [1.165, 1.54) is 12.1 Å². The lowest BCUT2D eigenvalue weighted by Gasteiger charge is -2.22. The minimum atomic E-state index is -4.33. The summed E-state index contributed by atoms with van der Waals surface area (Å²) in [6.07, 6.45) is -1.48. The zero-order valence-electron chi connectivity index (χ0n) is 15.7. The molecule has 0 aliphatic heterocycles. The van der Waals surface area contributed by atoms with Crippen molar-refractivity contribution in [2.75, 3.05) is 6.54 Å². The number of sulfonamides is 1. The predicted octanol–water partition coefficient (Wildman–Crippen LogP) is 2.26. The molecule has 2 aromatic rings. The highest BCUT2D eigenvalue weighted by molar-refractivity contribution is 7.89. The van der Waals surface area contributed by atoms with Crippen LogP contribution in [0.4, 0.5) is 13.2 Å². The highest BCUT2D eigenvalue weighted by atomic mass is 32.2. The minimum Gasteiger partial charge on any atom is -0.386 e. The Morgan fingerprint density at radius 2 is 1.72 bits per heavy atom. The molecule has 0 saturated carbocycles. The summed E-state index contributed by atoms with van der Waals surface area (Å²) in [5.74, 6) is -4.07. The lowest BCUT2D eigenvalue weighted by molar-refractivity contribution is -0.124. The Hall–Kier alpha value is -2.43. The first-order valence-corrected chi connectivity index (χ1v) is 10.2. The fourth-order valence-corrected chi connectivity index (χ4v) is 4.00. The summed E-state index contributed by atoms with van der Waals surface area (Å²) in [6.45, 7) is 2.71. The third kappa shape index (κ3) is 5.78. The Morgan fingerprint density at radius 1 is 1.07 bits per heavy atom. The number of nitrogens with one attached hydrogen (secondary N) is 2. The van der Waals surface area contributed by atoms with Crippen molar-refractivity contribution in [3.63, 3.8) is 0 Å². The highest BCUT2D eigenvalue weighted by Crippen LogP contribution is 2.18. The highest BCUT2D eigenvalue weighted by Gasteiger charge is 2.30. The Bertz CT molecular complexity index is 983. The molecule has 0 heterocycles. The second kappa shape index (κ2) is 9.38. The van der Waals surface area contributed by atoms with Gasteiger partial charge < -0.3 is 10.4 Å². The molecule has 0 aromatic heterocycles. The number of amides is 1. The van der Waals surface area contributed by atoms with Crippen molar-refractivity contribution >= 4 is 15.9 Å². The van der Waals surface area contributed by atoms with E-state index < -0.39 is 62.9 Å². The Morgan fingerprint density at radius 3 is 2.31 bits per heavy atom. The first-order valence-electron chi connectivity index (χ1n) is 8.70. The van der Waals surface area contributed by atoms with Crippen LogP contribution in [-0.4, -0.2) is 32.0 Å². The lowest BCUT2D eigenvalue weighted by atomic mass is 10.0. The van der Waals surface area contributed by atoms with Crippen molar-refractivity contribution in [1.82, 2.24) is 10.0 Å². The first-order chi connectivity index (χ1) is 13.5. The monoisotopic (exact) mass is 430 g/mol. The molecule has 1 unspecified atom stereocenters. The molecular weight excluding hydrogens is 409 g/mol. The van der Waals surface area contributed by atoms with E-state index in [2.05, 4.69) is 10.0 Å². The molecule has 1 amide bonds. The number of aliphatic hydroxyl groups is 1. The van der Waals surface area contributed by atoms with E-state index >= 15 is 0 Å². The number of hydrogen-bond donors (Lipinski definition) is 3. The number of carbonyl (C=O) groups excluding carboxylic acids is 1. The number of halogens is 3. The van der Waals surface area contributed by atoms with Gasteiger partial charge in [0.15, 0.2) is 0 Å². The van der Waals surface area contributed by atoms with Crippen LogP contribution in [0.2, 0.25) is 0 Å². The van der Waals surface area contributed by atoms with Gasteiger partial charge in [0.25, 0.3) is 0 Å². The Labute approximate surface area is 166 Å². The second-order valence-corrected chi connectivity index (χ2v) is 8.38. The van der Waals surface area contributed by atoms with E-state index in [4.69, 9.17) is 0 Å². The summed E-state index contributed by atoms with van der Waals surface area (Å²) >= 11 is 0. The molecule has 0 radical (unpaired) electrons. The largest absolute Gasteiger partial charge is 0.386 e. The van der Waals surface area contributed by atoms with E-state index in [9.17, 15) is 31.5 Å². The molecule has 0 aliphatic rings. The van der Waals surface area contributed by atoms with Crippen molar-refractivity contribution in [3.05, 3.63) is 65.5 Å². The maximum absolute atomic E-state index is 13.8. The number of carbonyl (C=O) groups is 1. The summed E-state index contributed by atoms with van der Waals surface area (Å²) in [5.41, 5.74) is -0.222. The van der Waals surface area contributed by atoms with Gasteiger partial charge in [-0.3, -0.25) is 4.79 Å². The van der Waals surface area contributed by atoms with Crippen LogP contribution in [0, 0.1) is 23.4 Å². The summed E-state index contributed by atoms with van der Waals surface area (Å²) in [6, 6.07) is 6.04. The molecule has 10 heteroatoms. The summed E-state index contributed by atoms with van der Waals surface area (Å²) in [4.78, 5) is 11.9.